The Morgan fingerprint density at radius 2 is 1.97 bits per heavy atom. The Morgan fingerprint density at radius 1 is 1.14 bits per heavy atom. The molecule has 0 saturated carbocycles. The van der Waals surface area contributed by atoms with E-state index in [-0.39, 0.29) is 24.1 Å². The van der Waals surface area contributed by atoms with Crippen molar-refractivity contribution in [3.8, 4) is 0 Å². The number of piperidine rings is 1. The number of nitrogens with zero attached hydrogens (tertiary/aromatic N) is 2. The molecule has 3 amide bonds. The lowest BCUT2D eigenvalue weighted by Crippen LogP contribution is -2.52. The zero-order chi connectivity index (χ0) is 20.2. The molecular formula is C21H29N5O3. The first-order valence-electron chi connectivity index (χ1n) is 10.5. The molecule has 1 unspecified atom stereocenters. The van der Waals surface area contributed by atoms with Gasteiger partial charge in [-0.15, -0.1) is 0 Å². The van der Waals surface area contributed by atoms with E-state index in [2.05, 4.69) is 26.9 Å². The highest BCUT2D eigenvalue weighted by Crippen LogP contribution is 2.28. The minimum atomic E-state index is -0.556. The lowest BCUT2D eigenvalue weighted by atomic mass is 10.0. The van der Waals surface area contributed by atoms with Crippen LogP contribution < -0.4 is 16.0 Å². The van der Waals surface area contributed by atoms with Crippen molar-refractivity contribution < 1.29 is 14.4 Å². The van der Waals surface area contributed by atoms with Crippen LogP contribution >= 0.6 is 0 Å². The first-order valence-corrected chi connectivity index (χ1v) is 10.5. The van der Waals surface area contributed by atoms with E-state index in [1.807, 2.05) is 12.1 Å². The number of benzene rings is 1. The van der Waals surface area contributed by atoms with Gasteiger partial charge in [0.25, 0.3) is 5.91 Å². The van der Waals surface area contributed by atoms with Crippen LogP contribution in [0.3, 0.4) is 0 Å². The fourth-order valence-electron chi connectivity index (χ4n) is 4.33. The molecule has 0 aliphatic carbocycles. The number of imide groups is 1. The van der Waals surface area contributed by atoms with E-state index < -0.39 is 6.04 Å². The van der Waals surface area contributed by atoms with Crippen molar-refractivity contribution in [3.05, 3.63) is 34.9 Å². The molecule has 1 atom stereocenters. The molecule has 3 N–H and O–H groups in total. The quantitative estimate of drug-likeness (QED) is 0.436. The molecule has 0 radical (unpaired) electrons. The Kier molecular flexibility index (Phi) is 6.22. The molecule has 0 spiro atoms. The van der Waals surface area contributed by atoms with Crippen molar-refractivity contribution in [2.45, 2.75) is 38.4 Å². The van der Waals surface area contributed by atoms with Gasteiger partial charge < -0.3 is 20.4 Å². The summed E-state index contributed by atoms with van der Waals surface area (Å²) in [5.74, 6) is -0.750. The summed E-state index contributed by atoms with van der Waals surface area (Å²) < 4.78 is 0. The summed E-state index contributed by atoms with van der Waals surface area (Å²) in [6.45, 7) is 7.69. The number of rotatable bonds is 7. The van der Waals surface area contributed by atoms with E-state index in [0.717, 1.165) is 63.4 Å². The molecule has 3 heterocycles. The zero-order valence-electron chi connectivity index (χ0n) is 16.7. The topological polar surface area (TPSA) is 93.8 Å². The van der Waals surface area contributed by atoms with Gasteiger partial charge in [-0.2, -0.15) is 0 Å². The van der Waals surface area contributed by atoms with Gasteiger partial charge in [0.05, 0.1) is 0 Å². The lowest BCUT2D eigenvalue weighted by Gasteiger charge is -2.29. The van der Waals surface area contributed by atoms with Crippen LogP contribution in [0.4, 0.5) is 0 Å². The Labute approximate surface area is 171 Å². The molecule has 2 fully saturated rings. The molecule has 2 saturated heterocycles. The predicted octanol–water partition coefficient (Wildman–Crippen LogP) is -0.167. The molecule has 156 valence electrons. The lowest BCUT2D eigenvalue weighted by molar-refractivity contribution is -0.136. The van der Waals surface area contributed by atoms with Crippen LogP contribution in [0.1, 0.15) is 40.7 Å². The summed E-state index contributed by atoms with van der Waals surface area (Å²) in [7, 11) is 0. The smallest absolute Gasteiger partial charge is 0.255 e. The Hall–Kier alpha value is -2.29. The number of hydrogen-bond donors (Lipinski definition) is 3. The second kappa shape index (κ2) is 9.02. The molecule has 3 aliphatic heterocycles. The van der Waals surface area contributed by atoms with Crippen LogP contribution in [-0.2, 0) is 22.7 Å². The molecule has 3 aliphatic rings. The summed E-state index contributed by atoms with van der Waals surface area (Å²) in [4.78, 5) is 40.3. The Morgan fingerprint density at radius 3 is 2.76 bits per heavy atom. The van der Waals surface area contributed by atoms with Gasteiger partial charge in [0, 0.05) is 51.3 Å². The standard InChI is InChI=1S/C21H29N5O3/c27-19-5-4-18(20(28)24-19)26-14-16-12-15(2-3-17(16)21(26)29)13-23-6-1-9-25-10-7-22-8-11-25/h2-3,12,18,22-23H,1,4-11,13-14H2,(H,24,27,28). The highest BCUT2D eigenvalue weighted by atomic mass is 16.2. The van der Waals surface area contributed by atoms with Gasteiger partial charge in [0.2, 0.25) is 11.8 Å². The number of piperazine rings is 1. The monoisotopic (exact) mass is 399 g/mol. The van der Waals surface area contributed by atoms with E-state index in [1.165, 1.54) is 0 Å². The summed E-state index contributed by atoms with van der Waals surface area (Å²) >= 11 is 0. The number of hydrogen-bond acceptors (Lipinski definition) is 6. The molecule has 8 heteroatoms. The average molecular weight is 399 g/mol. The average Bonchev–Trinajstić information content (AvgIpc) is 3.04. The molecule has 4 rings (SSSR count). The van der Waals surface area contributed by atoms with Gasteiger partial charge in [0.1, 0.15) is 6.04 Å². The van der Waals surface area contributed by atoms with Gasteiger partial charge in [-0.25, -0.2) is 0 Å². The van der Waals surface area contributed by atoms with Crippen molar-refractivity contribution in [1.82, 2.24) is 25.8 Å². The van der Waals surface area contributed by atoms with Crippen LogP contribution in [0.2, 0.25) is 0 Å². The molecule has 0 aromatic heterocycles. The van der Waals surface area contributed by atoms with E-state index in [9.17, 15) is 14.4 Å². The minimum absolute atomic E-state index is 0.120. The van der Waals surface area contributed by atoms with E-state index in [1.54, 1.807) is 4.90 Å². The van der Waals surface area contributed by atoms with Crippen LogP contribution in [0, 0.1) is 0 Å². The van der Waals surface area contributed by atoms with Gasteiger partial charge in [-0.1, -0.05) is 12.1 Å². The normalized spacial score (nSPS) is 22.7. The summed E-state index contributed by atoms with van der Waals surface area (Å²) in [5.41, 5.74) is 2.76. The van der Waals surface area contributed by atoms with Crippen molar-refractivity contribution in [2.75, 3.05) is 39.3 Å². The van der Waals surface area contributed by atoms with E-state index >= 15 is 0 Å². The fourth-order valence-corrected chi connectivity index (χ4v) is 4.33. The van der Waals surface area contributed by atoms with Gasteiger partial charge >= 0.3 is 0 Å². The number of carbonyl (C=O) groups excluding carboxylic acids is 3. The maximum absolute atomic E-state index is 12.7. The van der Waals surface area contributed by atoms with Gasteiger partial charge in [-0.3, -0.25) is 19.7 Å². The summed E-state index contributed by atoms with van der Waals surface area (Å²) in [6, 6.07) is 5.34. The van der Waals surface area contributed by atoms with E-state index in [0.29, 0.717) is 18.5 Å². The molecule has 1 aromatic carbocycles. The highest BCUT2D eigenvalue weighted by molar-refractivity contribution is 6.05. The Balaban J connectivity index is 1.27. The third-order valence-corrected chi connectivity index (χ3v) is 5.95. The van der Waals surface area contributed by atoms with E-state index in [4.69, 9.17) is 0 Å². The maximum Gasteiger partial charge on any atom is 0.255 e. The minimum Gasteiger partial charge on any atom is -0.322 e. The van der Waals surface area contributed by atoms with Crippen LogP contribution in [0.5, 0.6) is 0 Å². The molecular weight excluding hydrogens is 370 g/mol. The number of nitrogens with one attached hydrogen (secondary N) is 3. The third kappa shape index (κ3) is 4.66. The fraction of sp³-hybridized carbons (Fsp3) is 0.571. The zero-order valence-corrected chi connectivity index (χ0v) is 16.7. The number of amides is 3. The first-order chi connectivity index (χ1) is 14.1. The number of carbonyl (C=O) groups is 3. The Bertz CT molecular complexity index is 791. The van der Waals surface area contributed by atoms with Crippen molar-refractivity contribution in [3.63, 3.8) is 0 Å². The molecule has 29 heavy (non-hydrogen) atoms. The molecule has 8 nitrogen and oxygen atoms in total. The van der Waals surface area contributed by atoms with Crippen molar-refractivity contribution >= 4 is 17.7 Å². The highest BCUT2D eigenvalue weighted by Gasteiger charge is 2.38. The largest absolute Gasteiger partial charge is 0.322 e. The van der Waals surface area contributed by atoms with Crippen LogP contribution in [0.25, 0.3) is 0 Å². The summed E-state index contributed by atoms with van der Waals surface area (Å²) in [5, 5.41) is 9.20. The van der Waals surface area contributed by atoms with Gasteiger partial charge in [0.15, 0.2) is 0 Å². The maximum atomic E-state index is 12.7. The van der Waals surface area contributed by atoms with Crippen molar-refractivity contribution in [1.29, 1.82) is 0 Å². The second-order valence-electron chi connectivity index (χ2n) is 8.01. The predicted molar refractivity (Wildman–Crippen MR) is 108 cm³/mol. The van der Waals surface area contributed by atoms with Gasteiger partial charge in [-0.05, 0) is 43.1 Å². The second-order valence-corrected chi connectivity index (χ2v) is 8.01. The SMILES string of the molecule is O=C1CCC(N2Cc3cc(CNCCCN4CCNCC4)ccc3C2=O)C(=O)N1. The first kappa shape index (κ1) is 20.0. The third-order valence-electron chi connectivity index (χ3n) is 5.95. The molecule has 1 aromatic rings. The number of fused-ring (bicyclic) bond motifs is 1. The van der Waals surface area contributed by atoms with Crippen LogP contribution in [-0.4, -0.2) is 72.8 Å². The summed E-state index contributed by atoms with van der Waals surface area (Å²) in [6.07, 6.45) is 1.79. The van der Waals surface area contributed by atoms with Crippen LogP contribution in [0.15, 0.2) is 18.2 Å². The molecule has 0 bridgehead atoms. The van der Waals surface area contributed by atoms with Crippen molar-refractivity contribution in [2.24, 2.45) is 0 Å².